The van der Waals surface area contributed by atoms with Gasteiger partial charge in [-0.1, -0.05) is 18.2 Å². The molecular formula is C20H21NO5S. The maximum absolute atomic E-state index is 12.9. The van der Waals surface area contributed by atoms with Gasteiger partial charge in [-0.25, -0.2) is 13.2 Å². The highest BCUT2D eigenvalue weighted by atomic mass is 32.2. The van der Waals surface area contributed by atoms with Gasteiger partial charge in [0.2, 0.25) is 10.0 Å². The highest BCUT2D eigenvalue weighted by Crippen LogP contribution is 2.44. The van der Waals surface area contributed by atoms with Gasteiger partial charge in [-0.15, -0.1) is 0 Å². The molecular weight excluding hydrogens is 366 g/mol. The molecule has 6 nitrogen and oxygen atoms in total. The van der Waals surface area contributed by atoms with Crippen molar-refractivity contribution in [3.05, 3.63) is 59.7 Å². The van der Waals surface area contributed by atoms with Crippen LogP contribution in [0.2, 0.25) is 0 Å². The molecule has 4 rings (SSSR count). The number of piperidine rings is 1. The monoisotopic (exact) mass is 387 g/mol. The number of rotatable bonds is 4. The van der Waals surface area contributed by atoms with E-state index in [1.807, 2.05) is 25.1 Å². The zero-order valence-electron chi connectivity index (χ0n) is 15.1. The van der Waals surface area contributed by atoms with E-state index in [0.29, 0.717) is 43.9 Å². The summed E-state index contributed by atoms with van der Waals surface area (Å²) in [7, 11) is -3.59. The summed E-state index contributed by atoms with van der Waals surface area (Å²) in [5.41, 5.74) is 0.742. The van der Waals surface area contributed by atoms with Gasteiger partial charge in [0.05, 0.1) is 17.1 Å². The van der Waals surface area contributed by atoms with E-state index in [1.54, 1.807) is 30.3 Å². The SMILES string of the molecule is CCOc1ccc(S(=O)(=O)N2CCC3(CC2)OC(=O)c2ccccc23)cc1. The third kappa shape index (κ3) is 3.00. The van der Waals surface area contributed by atoms with Gasteiger partial charge in [-0.3, -0.25) is 0 Å². The zero-order chi connectivity index (χ0) is 19.1. The second-order valence-electron chi connectivity index (χ2n) is 6.74. The van der Waals surface area contributed by atoms with E-state index in [9.17, 15) is 13.2 Å². The number of fused-ring (bicyclic) bond motifs is 2. The minimum absolute atomic E-state index is 0.241. The summed E-state index contributed by atoms with van der Waals surface area (Å²) in [6.45, 7) is 3.01. The van der Waals surface area contributed by atoms with Crippen LogP contribution in [0.15, 0.2) is 53.4 Å². The summed E-state index contributed by atoms with van der Waals surface area (Å²) in [4.78, 5) is 12.4. The average Bonchev–Trinajstić information content (AvgIpc) is 2.95. The van der Waals surface area contributed by atoms with Crippen molar-refractivity contribution in [3.63, 3.8) is 0 Å². The van der Waals surface area contributed by atoms with Gasteiger partial charge in [0.15, 0.2) is 0 Å². The van der Waals surface area contributed by atoms with Crippen molar-refractivity contribution < 1.29 is 22.7 Å². The fourth-order valence-corrected chi connectivity index (χ4v) is 5.27. The summed E-state index contributed by atoms with van der Waals surface area (Å²) in [6, 6.07) is 13.8. The Bertz CT molecular complexity index is 960. The van der Waals surface area contributed by atoms with Gasteiger partial charge in [0.1, 0.15) is 11.4 Å². The first-order valence-corrected chi connectivity index (χ1v) is 10.5. The lowest BCUT2D eigenvalue weighted by atomic mass is 9.84. The van der Waals surface area contributed by atoms with Crippen LogP contribution in [0.1, 0.15) is 35.7 Å². The number of esters is 1. The lowest BCUT2D eigenvalue weighted by Gasteiger charge is -2.37. The topological polar surface area (TPSA) is 72.9 Å². The van der Waals surface area contributed by atoms with Crippen LogP contribution >= 0.6 is 0 Å². The summed E-state index contributed by atoms with van der Waals surface area (Å²) in [5, 5.41) is 0. The largest absolute Gasteiger partial charge is 0.494 e. The molecule has 0 aromatic heterocycles. The van der Waals surface area contributed by atoms with E-state index in [4.69, 9.17) is 9.47 Å². The Balaban J connectivity index is 1.53. The summed E-state index contributed by atoms with van der Waals surface area (Å²) in [5.74, 6) is 0.317. The van der Waals surface area contributed by atoms with Crippen molar-refractivity contribution in [1.82, 2.24) is 4.31 Å². The molecule has 0 radical (unpaired) electrons. The Hall–Kier alpha value is -2.38. The van der Waals surface area contributed by atoms with Crippen LogP contribution in [0.4, 0.5) is 0 Å². The molecule has 0 N–H and O–H groups in total. The number of carbonyl (C=O) groups is 1. The van der Waals surface area contributed by atoms with E-state index in [1.165, 1.54) is 4.31 Å². The first-order chi connectivity index (χ1) is 13.0. The number of carbonyl (C=O) groups excluding carboxylic acids is 1. The molecule has 0 unspecified atom stereocenters. The second-order valence-corrected chi connectivity index (χ2v) is 8.68. The molecule has 27 heavy (non-hydrogen) atoms. The molecule has 142 valence electrons. The Morgan fingerprint density at radius 2 is 1.74 bits per heavy atom. The van der Waals surface area contributed by atoms with Crippen LogP contribution < -0.4 is 4.74 Å². The van der Waals surface area contributed by atoms with Gasteiger partial charge in [0, 0.05) is 31.5 Å². The van der Waals surface area contributed by atoms with Crippen LogP contribution in [-0.2, 0) is 20.4 Å². The number of hydrogen-bond acceptors (Lipinski definition) is 5. The Labute approximate surface area is 158 Å². The highest BCUT2D eigenvalue weighted by Gasteiger charge is 2.48. The molecule has 7 heteroatoms. The molecule has 2 aromatic carbocycles. The van der Waals surface area contributed by atoms with Gasteiger partial charge < -0.3 is 9.47 Å². The van der Waals surface area contributed by atoms with E-state index < -0.39 is 15.6 Å². The van der Waals surface area contributed by atoms with Crippen molar-refractivity contribution in [3.8, 4) is 5.75 Å². The molecule has 2 aliphatic heterocycles. The minimum atomic E-state index is -3.59. The first kappa shape index (κ1) is 18.0. The fourth-order valence-electron chi connectivity index (χ4n) is 3.83. The molecule has 0 atom stereocenters. The molecule has 0 amide bonds. The molecule has 0 bridgehead atoms. The molecule has 1 spiro atoms. The van der Waals surface area contributed by atoms with Crippen LogP contribution in [0.5, 0.6) is 5.75 Å². The predicted molar refractivity (Wildman–Crippen MR) is 99.1 cm³/mol. The lowest BCUT2D eigenvalue weighted by Crippen LogP contribution is -2.45. The van der Waals surface area contributed by atoms with Gasteiger partial charge in [-0.2, -0.15) is 4.31 Å². The number of hydrogen-bond donors (Lipinski definition) is 0. The standard InChI is InChI=1S/C20H21NO5S/c1-2-25-15-7-9-16(10-8-15)27(23,24)21-13-11-20(12-14-21)18-6-4-3-5-17(18)19(22)26-20/h3-10H,2,11-14H2,1H3. The molecule has 2 heterocycles. The summed E-state index contributed by atoms with van der Waals surface area (Å²) in [6.07, 6.45) is 0.901. The maximum atomic E-state index is 12.9. The lowest BCUT2D eigenvalue weighted by molar-refractivity contribution is -0.0329. The van der Waals surface area contributed by atoms with Gasteiger partial charge >= 0.3 is 5.97 Å². The van der Waals surface area contributed by atoms with E-state index in [-0.39, 0.29) is 10.9 Å². The van der Waals surface area contributed by atoms with Gasteiger partial charge in [0.25, 0.3) is 0 Å². The van der Waals surface area contributed by atoms with Gasteiger partial charge in [-0.05, 0) is 37.3 Å². The third-order valence-electron chi connectivity index (χ3n) is 5.23. The predicted octanol–water partition coefficient (Wildman–Crippen LogP) is 2.94. The normalized spacial score (nSPS) is 18.9. The van der Waals surface area contributed by atoms with Crippen molar-refractivity contribution in [2.75, 3.05) is 19.7 Å². The van der Waals surface area contributed by atoms with Crippen LogP contribution in [0, 0.1) is 0 Å². The van der Waals surface area contributed by atoms with Crippen molar-refractivity contribution in [2.24, 2.45) is 0 Å². The number of ether oxygens (including phenoxy) is 2. The van der Waals surface area contributed by atoms with E-state index in [2.05, 4.69) is 0 Å². The Kier molecular flexibility index (Phi) is 4.44. The van der Waals surface area contributed by atoms with E-state index in [0.717, 1.165) is 5.56 Å². The van der Waals surface area contributed by atoms with Crippen molar-refractivity contribution >= 4 is 16.0 Å². The number of nitrogens with zero attached hydrogens (tertiary/aromatic N) is 1. The third-order valence-corrected chi connectivity index (χ3v) is 7.14. The maximum Gasteiger partial charge on any atom is 0.339 e. The summed E-state index contributed by atoms with van der Waals surface area (Å²) < 4.78 is 38.4. The van der Waals surface area contributed by atoms with Crippen molar-refractivity contribution in [2.45, 2.75) is 30.3 Å². The molecule has 1 fully saturated rings. The smallest absolute Gasteiger partial charge is 0.339 e. The quantitative estimate of drug-likeness (QED) is 0.754. The molecule has 2 aromatic rings. The van der Waals surface area contributed by atoms with E-state index >= 15 is 0 Å². The summed E-state index contributed by atoms with van der Waals surface area (Å²) >= 11 is 0. The average molecular weight is 387 g/mol. The minimum Gasteiger partial charge on any atom is -0.494 e. The zero-order valence-corrected chi connectivity index (χ0v) is 15.9. The highest BCUT2D eigenvalue weighted by molar-refractivity contribution is 7.89. The van der Waals surface area contributed by atoms with Crippen molar-refractivity contribution in [1.29, 1.82) is 0 Å². The Morgan fingerprint density at radius 1 is 1.07 bits per heavy atom. The van der Waals surface area contributed by atoms with Crippen LogP contribution in [-0.4, -0.2) is 38.4 Å². The van der Waals surface area contributed by atoms with Crippen LogP contribution in [0.3, 0.4) is 0 Å². The molecule has 0 aliphatic carbocycles. The molecule has 0 saturated carbocycles. The Morgan fingerprint density at radius 3 is 2.41 bits per heavy atom. The first-order valence-electron chi connectivity index (χ1n) is 9.02. The number of benzene rings is 2. The molecule has 1 saturated heterocycles. The fraction of sp³-hybridized carbons (Fsp3) is 0.350. The van der Waals surface area contributed by atoms with Crippen LogP contribution in [0.25, 0.3) is 0 Å². The second kappa shape index (κ2) is 6.65. The number of sulfonamides is 1. The molecule has 2 aliphatic rings.